The second-order valence-corrected chi connectivity index (χ2v) is 6.60. The summed E-state index contributed by atoms with van der Waals surface area (Å²) in [6.07, 6.45) is 4.45. The average Bonchev–Trinajstić information content (AvgIpc) is 2.72. The predicted molar refractivity (Wildman–Crippen MR) is 110 cm³/mol. The maximum absolute atomic E-state index is 11.5. The Morgan fingerprint density at radius 1 is 1.18 bits per heavy atom. The van der Waals surface area contributed by atoms with Crippen LogP contribution in [0.15, 0.2) is 48.5 Å². The van der Waals surface area contributed by atoms with Crippen molar-refractivity contribution in [2.75, 3.05) is 32.1 Å². The summed E-state index contributed by atoms with van der Waals surface area (Å²) in [5, 5.41) is 16.2. The van der Waals surface area contributed by atoms with E-state index in [2.05, 4.69) is 10.6 Å². The molecule has 28 heavy (non-hydrogen) atoms. The number of fused-ring (bicyclic) bond motifs is 1. The van der Waals surface area contributed by atoms with Gasteiger partial charge in [-0.25, -0.2) is 0 Å². The van der Waals surface area contributed by atoms with Crippen molar-refractivity contribution in [1.82, 2.24) is 5.32 Å². The van der Waals surface area contributed by atoms with Gasteiger partial charge in [-0.3, -0.25) is 4.79 Å². The summed E-state index contributed by atoms with van der Waals surface area (Å²) in [4.78, 5) is 11.5. The molecule has 6 heteroatoms. The lowest BCUT2D eigenvalue weighted by Crippen LogP contribution is -2.31. The van der Waals surface area contributed by atoms with E-state index in [0.717, 1.165) is 22.6 Å². The van der Waals surface area contributed by atoms with Gasteiger partial charge in [-0.2, -0.15) is 0 Å². The molecule has 0 aliphatic carbocycles. The first kappa shape index (κ1) is 19.9. The van der Waals surface area contributed by atoms with Crippen LogP contribution >= 0.6 is 0 Å². The third-order valence-corrected chi connectivity index (χ3v) is 4.52. The summed E-state index contributed by atoms with van der Waals surface area (Å²) in [5.41, 5.74) is 2.79. The molecule has 6 nitrogen and oxygen atoms in total. The van der Waals surface area contributed by atoms with Crippen molar-refractivity contribution < 1.29 is 19.4 Å². The quantitative estimate of drug-likeness (QED) is 0.581. The van der Waals surface area contributed by atoms with Gasteiger partial charge >= 0.3 is 0 Å². The second-order valence-electron chi connectivity index (χ2n) is 6.60. The van der Waals surface area contributed by atoms with Crippen LogP contribution in [0, 0.1) is 0 Å². The number of benzene rings is 2. The minimum Gasteiger partial charge on any atom is -0.496 e. The maximum Gasteiger partial charge on any atom is 0.224 e. The molecule has 3 rings (SSSR count). The number of carbonyl (C=O) groups excluding carboxylic acids is 1. The number of rotatable bonds is 9. The van der Waals surface area contributed by atoms with Gasteiger partial charge in [-0.1, -0.05) is 36.4 Å². The van der Waals surface area contributed by atoms with Gasteiger partial charge in [-0.15, -0.1) is 0 Å². The third-order valence-electron chi connectivity index (χ3n) is 4.52. The zero-order valence-corrected chi connectivity index (χ0v) is 16.0. The number of hydrogen-bond acceptors (Lipinski definition) is 5. The Morgan fingerprint density at radius 3 is 2.86 bits per heavy atom. The van der Waals surface area contributed by atoms with E-state index in [9.17, 15) is 9.90 Å². The van der Waals surface area contributed by atoms with Crippen LogP contribution in [0.4, 0.5) is 5.69 Å². The summed E-state index contributed by atoms with van der Waals surface area (Å²) in [7, 11) is 1.65. The number of methoxy groups -OCH3 is 1. The fraction of sp³-hybridized carbons (Fsp3) is 0.318. The van der Waals surface area contributed by atoms with E-state index in [-0.39, 0.29) is 12.5 Å². The molecule has 0 fully saturated rings. The molecule has 1 atom stereocenters. The number of carbonyl (C=O) groups is 1. The lowest BCUT2D eigenvalue weighted by atomic mass is 10.0. The van der Waals surface area contributed by atoms with E-state index in [1.54, 1.807) is 7.11 Å². The van der Waals surface area contributed by atoms with Gasteiger partial charge in [0.25, 0.3) is 0 Å². The molecule has 2 aromatic rings. The van der Waals surface area contributed by atoms with E-state index in [1.807, 2.05) is 54.6 Å². The largest absolute Gasteiger partial charge is 0.496 e. The number of aliphatic hydroxyl groups is 1. The standard InChI is InChI=1S/C22H26N2O4/c1-27-20-9-3-2-6-16(20)7-5-13-23-14-17(25)15-28-21-10-4-8-19-18(21)11-12-22(26)24-19/h2-10,17,23,25H,11-15H2,1H3,(H,24,26). The van der Waals surface area contributed by atoms with E-state index < -0.39 is 6.10 Å². The summed E-state index contributed by atoms with van der Waals surface area (Å²) in [6, 6.07) is 13.4. The molecule has 1 amide bonds. The maximum atomic E-state index is 11.5. The number of anilines is 1. The zero-order valence-electron chi connectivity index (χ0n) is 16.0. The number of para-hydroxylation sites is 1. The first-order chi connectivity index (χ1) is 13.7. The summed E-state index contributed by atoms with van der Waals surface area (Å²) in [5.74, 6) is 1.57. The van der Waals surface area contributed by atoms with E-state index in [1.165, 1.54) is 0 Å². The van der Waals surface area contributed by atoms with Crippen LogP contribution in [0.5, 0.6) is 11.5 Å². The topological polar surface area (TPSA) is 79.8 Å². The van der Waals surface area contributed by atoms with Crippen LogP contribution in [-0.2, 0) is 11.2 Å². The Kier molecular flexibility index (Phi) is 7.06. The molecule has 0 saturated carbocycles. The zero-order chi connectivity index (χ0) is 19.8. The fourth-order valence-corrected chi connectivity index (χ4v) is 3.10. The van der Waals surface area contributed by atoms with Crippen LogP contribution in [0.2, 0.25) is 0 Å². The van der Waals surface area contributed by atoms with Crippen LogP contribution in [0.3, 0.4) is 0 Å². The Labute approximate surface area is 165 Å². The van der Waals surface area contributed by atoms with Gasteiger partial charge in [-0.05, 0) is 24.6 Å². The number of amides is 1. The molecular formula is C22H26N2O4. The smallest absolute Gasteiger partial charge is 0.224 e. The number of hydrogen-bond donors (Lipinski definition) is 3. The Balaban J connectivity index is 1.42. The first-order valence-corrected chi connectivity index (χ1v) is 9.40. The molecule has 1 aliphatic heterocycles. The average molecular weight is 382 g/mol. The highest BCUT2D eigenvalue weighted by Crippen LogP contribution is 2.31. The van der Waals surface area contributed by atoms with Crippen LogP contribution < -0.4 is 20.1 Å². The van der Waals surface area contributed by atoms with Crippen molar-refractivity contribution in [3.05, 3.63) is 59.7 Å². The molecule has 0 radical (unpaired) electrons. The lowest BCUT2D eigenvalue weighted by Gasteiger charge is -2.21. The van der Waals surface area contributed by atoms with Crippen LogP contribution in [-0.4, -0.2) is 43.9 Å². The second kappa shape index (κ2) is 9.92. The van der Waals surface area contributed by atoms with E-state index >= 15 is 0 Å². The Hall–Kier alpha value is -2.83. The molecule has 1 aliphatic rings. The Morgan fingerprint density at radius 2 is 2.00 bits per heavy atom. The Bertz CT molecular complexity index is 835. The molecule has 0 spiro atoms. The van der Waals surface area contributed by atoms with Gasteiger partial charge in [0.2, 0.25) is 5.91 Å². The molecule has 148 valence electrons. The molecule has 0 aromatic heterocycles. The van der Waals surface area contributed by atoms with Gasteiger partial charge in [0.15, 0.2) is 0 Å². The highest BCUT2D eigenvalue weighted by Gasteiger charge is 2.18. The number of ether oxygens (including phenoxy) is 2. The molecule has 3 N–H and O–H groups in total. The highest BCUT2D eigenvalue weighted by molar-refractivity contribution is 5.94. The van der Waals surface area contributed by atoms with E-state index in [4.69, 9.17) is 9.47 Å². The number of nitrogens with one attached hydrogen (secondary N) is 2. The molecule has 2 aromatic carbocycles. The van der Waals surface area contributed by atoms with Gasteiger partial charge in [0.1, 0.15) is 24.2 Å². The van der Waals surface area contributed by atoms with Crippen LogP contribution in [0.1, 0.15) is 17.5 Å². The molecule has 1 unspecified atom stereocenters. The van der Waals surface area contributed by atoms with Crippen molar-refractivity contribution in [3.63, 3.8) is 0 Å². The summed E-state index contributed by atoms with van der Waals surface area (Å²) in [6.45, 7) is 1.23. The molecule has 0 bridgehead atoms. The predicted octanol–water partition coefficient (Wildman–Crippen LogP) is 2.62. The number of aliphatic hydroxyl groups excluding tert-OH is 1. The molecular weight excluding hydrogens is 356 g/mol. The minimum atomic E-state index is -0.631. The summed E-state index contributed by atoms with van der Waals surface area (Å²) < 4.78 is 11.1. The molecule has 0 saturated heterocycles. The van der Waals surface area contributed by atoms with Crippen molar-refractivity contribution in [3.8, 4) is 11.5 Å². The highest BCUT2D eigenvalue weighted by atomic mass is 16.5. The van der Waals surface area contributed by atoms with Crippen molar-refractivity contribution in [1.29, 1.82) is 0 Å². The van der Waals surface area contributed by atoms with Gasteiger partial charge < -0.3 is 25.2 Å². The third kappa shape index (κ3) is 5.34. The normalized spacial score (nSPS) is 14.4. The van der Waals surface area contributed by atoms with Gasteiger partial charge in [0, 0.05) is 36.3 Å². The fourth-order valence-electron chi connectivity index (χ4n) is 3.10. The van der Waals surface area contributed by atoms with E-state index in [0.29, 0.717) is 31.7 Å². The minimum absolute atomic E-state index is 0.0232. The SMILES string of the molecule is COc1ccccc1C=CCNCC(O)COc1cccc2c1CCC(=O)N2. The van der Waals surface area contributed by atoms with Crippen LogP contribution in [0.25, 0.3) is 6.08 Å². The summed E-state index contributed by atoms with van der Waals surface area (Å²) >= 11 is 0. The van der Waals surface area contributed by atoms with Crippen molar-refractivity contribution in [2.45, 2.75) is 18.9 Å². The van der Waals surface area contributed by atoms with Crippen molar-refractivity contribution >= 4 is 17.7 Å². The molecule has 1 heterocycles. The lowest BCUT2D eigenvalue weighted by molar-refractivity contribution is -0.116. The monoisotopic (exact) mass is 382 g/mol. The van der Waals surface area contributed by atoms with Crippen molar-refractivity contribution in [2.24, 2.45) is 0 Å². The first-order valence-electron chi connectivity index (χ1n) is 9.40. The van der Waals surface area contributed by atoms with Gasteiger partial charge in [0.05, 0.1) is 7.11 Å².